The van der Waals surface area contributed by atoms with Crippen LogP contribution in [-0.4, -0.2) is 28.4 Å². The van der Waals surface area contributed by atoms with E-state index in [1.165, 1.54) is 12.3 Å². The van der Waals surface area contributed by atoms with Crippen molar-refractivity contribution in [2.75, 3.05) is 11.9 Å². The SMILES string of the molecule is CC(C)(CO)NC(=O)Nc1ccno1. The van der Waals surface area contributed by atoms with E-state index in [0.29, 0.717) is 0 Å². The third-order valence-corrected chi connectivity index (χ3v) is 1.52. The Balaban J connectivity index is 2.44. The molecule has 0 radical (unpaired) electrons. The average molecular weight is 199 g/mol. The molecule has 0 bridgehead atoms. The number of nitrogens with zero attached hydrogens (tertiary/aromatic N) is 1. The number of hydrogen-bond acceptors (Lipinski definition) is 4. The van der Waals surface area contributed by atoms with Crippen LogP contribution in [0.4, 0.5) is 10.7 Å². The Bertz CT molecular complexity index is 295. The average Bonchev–Trinajstić information content (AvgIpc) is 2.55. The van der Waals surface area contributed by atoms with E-state index in [1.807, 2.05) is 0 Å². The molecule has 78 valence electrons. The quantitative estimate of drug-likeness (QED) is 0.664. The molecular weight excluding hydrogens is 186 g/mol. The molecule has 3 N–H and O–H groups in total. The van der Waals surface area contributed by atoms with Gasteiger partial charge in [-0.25, -0.2) is 4.79 Å². The fraction of sp³-hybridized carbons (Fsp3) is 0.500. The zero-order valence-corrected chi connectivity index (χ0v) is 8.07. The second-order valence-corrected chi connectivity index (χ2v) is 3.50. The molecule has 1 aromatic heterocycles. The summed E-state index contributed by atoms with van der Waals surface area (Å²) in [6.45, 7) is 3.26. The largest absolute Gasteiger partial charge is 0.394 e. The highest BCUT2D eigenvalue weighted by Gasteiger charge is 2.19. The maximum Gasteiger partial charge on any atom is 0.322 e. The minimum atomic E-state index is -0.663. The first kappa shape index (κ1) is 10.5. The summed E-state index contributed by atoms with van der Waals surface area (Å²) in [4.78, 5) is 11.3. The third kappa shape index (κ3) is 3.06. The monoisotopic (exact) mass is 199 g/mol. The topological polar surface area (TPSA) is 87.4 Å². The van der Waals surface area contributed by atoms with E-state index in [4.69, 9.17) is 5.11 Å². The number of amides is 2. The fourth-order valence-corrected chi connectivity index (χ4v) is 0.770. The van der Waals surface area contributed by atoms with Crippen LogP contribution in [0.2, 0.25) is 0 Å². The van der Waals surface area contributed by atoms with Crippen LogP contribution in [-0.2, 0) is 0 Å². The van der Waals surface area contributed by atoms with Crippen LogP contribution in [0.15, 0.2) is 16.8 Å². The van der Waals surface area contributed by atoms with Crippen molar-refractivity contribution in [2.45, 2.75) is 19.4 Å². The van der Waals surface area contributed by atoms with Gasteiger partial charge in [0.1, 0.15) is 0 Å². The van der Waals surface area contributed by atoms with Gasteiger partial charge in [0.05, 0.1) is 18.3 Å². The Morgan fingerprint density at radius 2 is 2.43 bits per heavy atom. The smallest absolute Gasteiger partial charge is 0.322 e. The number of carbonyl (C=O) groups is 1. The van der Waals surface area contributed by atoms with E-state index in [2.05, 4.69) is 20.3 Å². The number of anilines is 1. The molecule has 0 fully saturated rings. The van der Waals surface area contributed by atoms with Gasteiger partial charge in [-0.05, 0) is 13.8 Å². The zero-order chi connectivity index (χ0) is 10.6. The van der Waals surface area contributed by atoms with Crippen molar-refractivity contribution in [3.8, 4) is 0 Å². The molecule has 0 aromatic carbocycles. The van der Waals surface area contributed by atoms with Crippen LogP contribution in [0.5, 0.6) is 0 Å². The molecule has 1 heterocycles. The maximum absolute atomic E-state index is 11.3. The molecule has 0 aliphatic rings. The van der Waals surface area contributed by atoms with Gasteiger partial charge in [-0.15, -0.1) is 0 Å². The lowest BCUT2D eigenvalue weighted by molar-refractivity contribution is 0.187. The summed E-state index contributed by atoms with van der Waals surface area (Å²) < 4.78 is 4.67. The number of nitrogens with one attached hydrogen (secondary N) is 2. The second-order valence-electron chi connectivity index (χ2n) is 3.50. The minimum Gasteiger partial charge on any atom is -0.394 e. The second kappa shape index (κ2) is 4.10. The van der Waals surface area contributed by atoms with Gasteiger partial charge in [0.25, 0.3) is 0 Å². The Morgan fingerprint density at radius 1 is 1.71 bits per heavy atom. The molecule has 0 spiro atoms. The van der Waals surface area contributed by atoms with Gasteiger partial charge in [0, 0.05) is 6.07 Å². The van der Waals surface area contributed by atoms with Crippen molar-refractivity contribution in [3.05, 3.63) is 12.3 Å². The molecule has 1 aromatic rings. The number of rotatable bonds is 3. The number of hydrogen-bond donors (Lipinski definition) is 3. The van der Waals surface area contributed by atoms with Gasteiger partial charge in [0.2, 0.25) is 5.88 Å². The Labute approximate surface area is 81.3 Å². The number of carbonyl (C=O) groups excluding carboxylic acids is 1. The van der Waals surface area contributed by atoms with Crippen LogP contribution in [0.25, 0.3) is 0 Å². The maximum atomic E-state index is 11.3. The van der Waals surface area contributed by atoms with Gasteiger partial charge in [-0.2, -0.15) is 0 Å². The number of aromatic nitrogens is 1. The molecule has 1 rings (SSSR count). The zero-order valence-electron chi connectivity index (χ0n) is 8.07. The van der Waals surface area contributed by atoms with Crippen molar-refractivity contribution in [1.82, 2.24) is 10.5 Å². The molecule has 0 saturated carbocycles. The normalized spacial score (nSPS) is 11.1. The van der Waals surface area contributed by atoms with Crippen molar-refractivity contribution in [3.63, 3.8) is 0 Å². The van der Waals surface area contributed by atoms with Crippen LogP contribution < -0.4 is 10.6 Å². The molecule has 0 unspecified atom stereocenters. The van der Waals surface area contributed by atoms with E-state index in [0.717, 1.165) is 0 Å². The van der Waals surface area contributed by atoms with Crippen LogP contribution >= 0.6 is 0 Å². The van der Waals surface area contributed by atoms with Crippen molar-refractivity contribution in [2.24, 2.45) is 0 Å². The number of aliphatic hydroxyl groups excluding tert-OH is 1. The molecule has 0 aliphatic heterocycles. The predicted molar refractivity (Wildman–Crippen MR) is 49.8 cm³/mol. The molecule has 14 heavy (non-hydrogen) atoms. The third-order valence-electron chi connectivity index (χ3n) is 1.52. The van der Waals surface area contributed by atoms with Gasteiger partial charge in [-0.1, -0.05) is 5.16 Å². The van der Waals surface area contributed by atoms with E-state index in [9.17, 15) is 4.79 Å². The van der Waals surface area contributed by atoms with Gasteiger partial charge >= 0.3 is 6.03 Å². The summed E-state index contributed by atoms with van der Waals surface area (Å²) in [6.07, 6.45) is 1.42. The Kier molecular flexibility index (Phi) is 3.08. The lowest BCUT2D eigenvalue weighted by Crippen LogP contribution is -2.48. The van der Waals surface area contributed by atoms with E-state index in [1.54, 1.807) is 13.8 Å². The molecule has 0 saturated heterocycles. The molecular formula is C8H13N3O3. The highest BCUT2D eigenvalue weighted by molar-refractivity contribution is 5.88. The molecule has 0 aliphatic carbocycles. The highest BCUT2D eigenvalue weighted by Crippen LogP contribution is 2.05. The first-order valence-corrected chi connectivity index (χ1v) is 4.14. The lowest BCUT2D eigenvalue weighted by Gasteiger charge is -2.22. The summed E-state index contributed by atoms with van der Waals surface area (Å²) in [5.74, 6) is 0.260. The molecule has 2 amide bonds. The predicted octanol–water partition coefficient (Wildman–Crippen LogP) is 0.567. The van der Waals surface area contributed by atoms with Crippen LogP contribution in [0.3, 0.4) is 0 Å². The highest BCUT2D eigenvalue weighted by atomic mass is 16.5. The summed E-state index contributed by atoms with van der Waals surface area (Å²) in [6, 6.07) is 1.08. The van der Waals surface area contributed by atoms with Crippen LogP contribution in [0, 0.1) is 0 Å². The minimum absolute atomic E-state index is 0.142. The van der Waals surface area contributed by atoms with Crippen molar-refractivity contribution >= 4 is 11.9 Å². The summed E-state index contributed by atoms with van der Waals surface area (Å²) in [5.41, 5.74) is -0.663. The Morgan fingerprint density at radius 3 is 2.93 bits per heavy atom. The van der Waals surface area contributed by atoms with Crippen molar-refractivity contribution in [1.29, 1.82) is 0 Å². The van der Waals surface area contributed by atoms with Crippen LogP contribution in [0.1, 0.15) is 13.8 Å². The van der Waals surface area contributed by atoms with Gasteiger partial charge in [-0.3, -0.25) is 5.32 Å². The number of aliphatic hydroxyl groups is 1. The van der Waals surface area contributed by atoms with E-state index >= 15 is 0 Å². The summed E-state index contributed by atoms with van der Waals surface area (Å²) in [7, 11) is 0. The molecule has 0 atom stereocenters. The first-order chi connectivity index (χ1) is 6.53. The number of urea groups is 1. The summed E-state index contributed by atoms with van der Waals surface area (Å²) >= 11 is 0. The fourth-order valence-electron chi connectivity index (χ4n) is 0.770. The molecule has 6 nitrogen and oxygen atoms in total. The summed E-state index contributed by atoms with van der Waals surface area (Å²) in [5, 5.41) is 17.3. The standard InChI is InChI=1S/C8H13N3O3/c1-8(2,5-12)11-7(13)10-6-3-4-9-14-6/h3-4,12H,5H2,1-2H3,(H2,10,11,13). The van der Waals surface area contributed by atoms with Crippen molar-refractivity contribution < 1.29 is 14.4 Å². The Hall–Kier alpha value is -1.56. The van der Waals surface area contributed by atoms with Gasteiger partial charge < -0.3 is 14.9 Å². The lowest BCUT2D eigenvalue weighted by atomic mass is 10.1. The first-order valence-electron chi connectivity index (χ1n) is 4.14. The van der Waals surface area contributed by atoms with Gasteiger partial charge in [0.15, 0.2) is 0 Å². The van der Waals surface area contributed by atoms with E-state index in [-0.39, 0.29) is 12.5 Å². The molecule has 6 heteroatoms. The van der Waals surface area contributed by atoms with E-state index < -0.39 is 11.6 Å².